The summed E-state index contributed by atoms with van der Waals surface area (Å²) in [5.74, 6) is 0. The van der Waals surface area contributed by atoms with Crippen molar-refractivity contribution in [2.45, 2.75) is 33.4 Å². The first-order valence-electron chi connectivity index (χ1n) is 6.53. The van der Waals surface area contributed by atoms with Crippen molar-refractivity contribution in [3.05, 3.63) is 23.1 Å². The highest BCUT2D eigenvalue weighted by atomic mass is 32.1. The maximum absolute atomic E-state index is 5.55. The molecule has 5 nitrogen and oxygen atoms in total. The number of hydrogen-bond acceptors (Lipinski definition) is 3. The highest BCUT2D eigenvalue weighted by molar-refractivity contribution is 7.71. The number of aromatic nitrogens is 4. The lowest BCUT2D eigenvalue weighted by atomic mass is 10.4. The van der Waals surface area contributed by atoms with Crippen molar-refractivity contribution in [2.75, 3.05) is 13.2 Å². The van der Waals surface area contributed by atoms with Crippen molar-refractivity contribution < 1.29 is 4.74 Å². The van der Waals surface area contributed by atoms with Crippen LogP contribution in [0.25, 0.3) is 11.2 Å². The molecule has 2 heterocycles. The van der Waals surface area contributed by atoms with Gasteiger partial charge < -0.3 is 9.72 Å². The van der Waals surface area contributed by atoms with E-state index in [-0.39, 0.29) is 0 Å². The number of aryl methyl sites for hydroxylation is 2. The molecule has 0 radical (unpaired) electrons. The van der Waals surface area contributed by atoms with E-state index < -0.39 is 0 Å². The van der Waals surface area contributed by atoms with Gasteiger partial charge in [0, 0.05) is 6.54 Å². The van der Waals surface area contributed by atoms with Crippen LogP contribution in [0, 0.1) is 11.7 Å². The summed E-state index contributed by atoms with van der Waals surface area (Å²) in [5, 5.41) is 4.49. The molecule has 0 amide bonds. The van der Waals surface area contributed by atoms with Crippen molar-refractivity contribution in [3.8, 4) is 0 Å². The minimum atomic E-state index is 0.642. The number of rotatable bonds is 7. The van der Waals surface area contributed by atoms with Gasteiger partial charge in [0.25, 0.3) is 0 Å². The van der Waals surface area contributed by atoms with Gasteiger partial charge >= 0.3 is 0 Å². The zero-order valence-electron chi connectivity index (χ0n) is 11.5. The van der Waals surface area contributed by atoms with Crippen LogP contribution in [-0.4, -0.2) is 32.5 Å². The van der Waals surface area contributed by atoms with Gasteiger partial charge in [0.2, 0.25) is 0 Å². The molecule has 2 aromatic rings. The Kier molecular flexibility index (Phi) is 4.55. The van der Waals surface area contributed by atoms with Crippen LogP contribution in [-0.2, 0) is 17.8 Å². The van der Waals surface area contributed by atoms with Gasteiger partial charge in [-0.3, -0.25) is 4.57 Å². The normalized spacial score (nSPS) is 11.3. The predicted octanol–water partition coefficient (Wildman–Crippen LogP) is 2.82. The summed E-state index contributed by atoms with van der Waals surface area (Å²) in [4.78, 5) is 3.22. The van der Waals surface area contributed by atoms with E-state index >= 15 is 0 Å². The second-order valence-electron chi connectivity index (χ2n) is 4.37. The number of H-pyrrole nitrogens is 1. The van der Waals surface area contributed by atoms with E-state index in [2.05, 4.69) is 28.2 Å². The molecule has 0 saturated carbocycles. The molecule has 104 valence electrons. The number of aromatic amines is 1. The zero-order chi connectivity index (χ0) is 13.8. The molecule has 0 atom stereocenters. The SMILES string of the molecule is C=CCCOCCn1c(=S)[nH]c2c(C)nn(CC)c21. The Bertz CT molecular complexity index is 622. The summed E-state index contributed by atoms with van der Waals surface area (Å²) in [7, 11) is 0. The first-order valence-corrected chi connectivity index (χ1v) is 6.94. The molecule has 0 aliphatic heterocycles. The van der Waals surface area contributed by atoms with Gasteiger partial charge in [-0.1, -0.05) is 6.08 Å². The molecule has 19 heavy (non-hydrogen) atoms. The summed E-state index contributed by atoms with van der Waals surface area (Å²) in [6, 6.07) is 0. The van der Waals surface area contributed by atoms with Gasteiger partial charge in [0.15, 0.2) is 10.4 Å². The lowest BCUT2D eigenvalue weighted by Crippen LogP contribution is -2.10. The van der Waals surface area contributed by atoms with Gasteiger partial charge in [-0.25, -0.2) is 4.68 Å². The lowest BCUT2D eigenvalue weighted by Gasteiger charge is -2.06. The molecular formula is C13H20N4OS. The minimum absolute atomic E-state index is 0.642. The van der Waals surface area contributed by atoms with Crippen LogP contribution in [0.2, 0.25) is 0 Å². The van der Waals surface area contributed by atoms with Crippen molar-refractivity contribution >= 4 is 23.4 Å². The van der Waals surface area contributed by atoms with Crippen LogP contribution in [0.3, 0.4) is 0 Å². The summed E-state index contributed by atoms with van der Waals surface area (Å²) in [5.41, 5.74) is 3.06. The van der Waals surface area contributed by atoms with Crippen molar-refractivity contribution in [2.24, 2.45) is 0 Å². The summed E-state index contributed by atoms with van der Waals surface area (Å²) in [6.45, 7) is 10.6. The molecule has 0 fully saturated rings. The first-order chi connectivity index (χ1) is 9.19. The second kappa shape index (κ2) is 6.16. The highest BCUT2D eigenvalue weighted by Crippen LogP contribution is 2.17. The van der Waals surface area contributed by atoms with E-state index in [0.717, 1.165) is 41.1 Å². The lowest BCUT2D eigenvalue weighted by molar-refractivity contribution is 0.131. The van der Waals surface area contributed by atoms with Gasteiger partial charge in [-0.2, -0.15) is 5.10 Å². The average Bonchev–Trinajstić information content (AvgIpc) is 2.88. The Morgan fingerprint density at radius 1 is 1.47 bits per heavy atom. The standard InChI is InChI=1S/C13H20N4OS/c1-4-6-8-18-9-7-16-12-11(14-13(16)19)10(3)15-17(12)5-2/h4H,1,5-9H2,2-3H3,(H,14,19). The molecule has 2 rings (SSSR count). The van der Waals surface area contributed by atoms with E-state index in [9.17, 15) is 0 Å². The Labute approximate surface area is 117 Å². The number of imidazole rings is 1. The molecule has 0 bridgehead atoms. The Hall–Kier alpha value is -1.40. The maximum Gasteiger partial charge on any atom is 0.179 e. The van der Waals surface area contributed by atoms with E-state index in [1.165, 1.54) is 0 Å². The smallest absolute Gasteiger partial charge is 0.179 e. The topological polar surface area (TPSA) is 47.8 Å². The van der Waals surface area contributed by atoms with Crippen LogP contribution in [0.1, 0.15) is 19.0 Å². The van der Waals surface area contributed by atoms with Crippen LogP contribution < -0.4 is 0 Å². The summed E-state index contributed by atoms with van der Waals surface area (Å²) in [6.07, 6.45) is 2.73. The monoisotopic (exact) mass is 280 g/mol. The van der Waals surface area contributed by atoms with Gasteiger partial charge in [-0.05, 0) is 32.5 Å². The zero-order valence-corrected chi connectivity index (χ0v) is 12.3. The largest absolute Gasteiger partial charge is 0.379 e. The number of nitrogens with zero attached hydrogens (tertiary/aromatic N) is 3. The van der Waals surface area contributed by atoms with Crippen molar-refractivity contribution in [1.29, 1.82) is 0 Å². The van der Waals surface area contributed by atoms with Crippen LogP contribution in [0.4, 0.5) is 0 Å². The molecule has 0 aliphatic rings. The third kappa shape index (κ3) is 2.79. The van der Waals surface area contributed by atoms with Gasteiger partial charge in [-0.15, -0.1) is 6.58 Å². The number of hydrogen-bond donors (Lipinski definition) is 1. The van der Waals surface area contributed by atoms with Crippen molar-refractivity contribution in [3.63, 3.8) is 0 Å². The van der Waals surface area contributed by atoms with Crippen molar-refractivity contribution in [1.82, 2.24) is 19.3 Å². The quantitative estimate of drug-likeness (QED) is 0.482. The third-order valence-corrected chi connectivity index (χ3v) is 3.38. The highest BCUT2D eigenvalue weighted by Gasteiger charge is 2.13. The predicted molar refractivity (Wildman–Crippen MR) is 79.0 cm³/mol. The first kappa shape index (κ1) is 14.0. The van der Waals surface area contributed by atoms with E-state index in [4.69, 9.17) is 17.0 Å². The Morgan fingerprint density at radius 3 is 2.95 bits per heavy atom. The molecule has 6 heteroatoms. The van der Waals surface area contributed by atoms with Crippen LogP contribution in [0.5, 0.6) is 0 Å². The molecule has 0 aromatic carbocycles. The average molecular weight is 280 g/mol. The van der Waals surface area contributed by atoms with Crippen LogP contribution >= 0.6 is 12.2 Å². The molecule has 1 N–H and O–H groups in total. The second-order valence-corrected chi connectivity index (χ2v) is 4.76. The summed E-state index contributed by atoms with van der Waals surface area (Å²) >= 11 is 5.37. The molecule has 0 unspecified atom stereocenters. The molecule has 2 aromatic heterocycles. The third-order valence-electron chi connectivity index (χ3n) is 3.06. The Morgan fingerprint density at radius 2 is 2.26 bits per heavy atom. The molecular weight excluding hydrogens is 260 g/mol. The number of fused-ring (bicyclic) bond motifs is 1. The van der Waals surface area contributed by atoms with Gasteiger partial charge in [0.05, 0.1) is 25.5 Å². The fourth-order valence-electron chi connectivity index (χ4n) is 2.11. The maximum atomic E-state index is 5.55. The van der Waals surface area contributed by atoms with Gasteiger partial charge in [0.1, 0.15) is 5.52 Å². The van der Waals surface area contributed by atoms with E-state index in [1.807, 2.05) is 17.7 Å². The fraction of sp³-hybridized carbons (Fsp3) is 0.538. The summed E-state index contributed by atoms with van der Waals surface area (Å²) < 4.78 is 10.3. The fourth-order valence-corrected chi connectivity index (χ4v) is 2.39. The minimum Gasteiger partial charge on any atom is -0.379 e. The van der Waals surface area contributed by atoms with E-state index in [1.54, 1.807) is 0 Å². The number of nitrogens with one attached hydrogen (secondary N) is 1. The molecule has 0 saturated heterocycles. The molecule has 0 aliphatic carbocycles. The molecule has 0 spiro atoms. The Balaban J connectivity index is 2.19. The number of ether oxygens (including phenoxy) is 1. The van der Waals surface area contributed by atoms with E-state index in [0.29, 0.717) is 13.2 Å². The van der Waals surface area contributed by atoms with Crippen LogP contribution in [0.15, 0.2) is 12.7 Å².